The summed E-state index contributed by atoms with van der Waals surface area (Å²) in [7, 11) is 0. The van der Waals surface area contributed by atoms with E-state index in [2.05, 4.69) is 51.0 Å². The van der Waals surface area contributed by atoms with E-state index in [1.165, 1.54) is 24.1 Å². The Morgan fingerprint density at radius 2 is 2.06 bits per heavy atom. The highest BCUT2D eigenvalue weighted by Crippen LogP contribution is 2.26. The summed E-state index contributed by atoms with van der Waals surface area (Å²) >= 11 is 0. The van der Waals surface area contributed by atoms with Gasteiger partial charge in [-0.2, -0.15) is 0 Å². The molecule has 0 fully saturated rings. The summed E-state index contributed by atoms with van der Waals surface area (Å²) in [5, 5.41) is 3.54. The normalized spacial score (nSPS) is 13.4. The second-order valence-electron chi connectivity index (χ2n) is 6.47. The molecule has 1 aromatic rings. The Labute approximate surface area is 112 Å². The summed E-state index contributed by atoms with van der Waals surface area (Å²) in [6.45, 7) is 12.5. The monoisotopic (exact) mass is 248 g/mol. The van der Waals surface area contributed by atoms with E-state index in [1.807, 2.05) is 12.4 Å². The van der Waals surface area contributed by atoms with Crippen LogP contribution in [-0.4, -0.2) is 11.5 Å². The number of nitrogens with zero attached hydrogens (tertiary/aromatic N) is 1. The maximum atomic E-state index is 4.17. The predicted molar refractivity (Wildman–Crippen MR) is 80.0 cm³/mol. The molecule has 0 aliphatic rings. The molecule has 102 valence electrons. The van der Waals surface area contributed by atoms with Crippen LogP contribution in [0.3, 0.4) is 0 Å². The summed E-state index contributed by atoms with van der Waals surface area (Å²) in [6, 6.07) is 2.08. The third-order valence-electron chi connectivity index (χ3n) is 3.20. The lowest BCUT2D eigenvalue weighted by Gasteiger charge is -2.23. The highest BCUT2D eigenvalue weighted by Gasteiger charge is 2.14. The van der Waals surface area contributed by atoms with Crippen molar-refractivity contribution in [1.29, 1.82) is 0 Å². The van der Waals surface area contributed by atoms with Crippen LogP contribution in [0.1, 0.15) is 53.0 Å². The first-order chi connectivity index (χ1) is 8.42. The molecule has 2 nitrogen and oxygen atoms in total. The number of hydrogen-bond donors (Lipinski definition) is 1. The summed E-state index contributed by atoms with van der Waals surface area (Å²) in [4.78, 5) is 4.17. The molecule has 1 rings (SSSR count). The van der Waals surface area contributed by atoms with Crippen LogP contribution in [0.15, 0.2) is 18.5 Å². The molecule has 0 saturated heterocycles. The van der Waals surface area contributed by atoms with Crippen molar-refractivity contribution < 1.29 is 0 Å². The van der Waals surface area contributed by atoms with Gasteiger partial charge in [0.05, 0.1) is 0 Å². The molecule has 0 aliphatic heterocycles. The Hall–Kier alpha value is -1.05. The Morgan fingerprint density at radius 1 is 1.33 bits per heavy atom. The molecular formula is C16H28N2. The molecule has 0 radical (unpaired) electrons. The minimum Gasteiger partial charge on any atom is -0.385 e. The van der Waals surface area contributed by atoms with Gasteiger partial charge >= 0.3 is 0 Å². The molecule has 0 bridgehead atoms. The minimum atomic E-state index is 0.435. The number of aryl methyl sites for hydroxylation is 1. The van der Waals surface area contributed by atoms with Gasteiger partial charge in [-0.25, -0.2) is 0 Å². The van der Waals surface area contributed by atoms with Crippen molar-refractivity contribution in [2.24, 2.45) is 11.3 Å². The van der Waals surface area contributed by atoms with E-state index in [0.717, 1.165) is 18.9 Å². The summed E-state index contributed by atoms with van der Waals surface area (Å²) in [5.41, 5.74) is 2.99. The first-order valence-electron chi connectivity index (χ1n) is 7.09. The van der Waals surface area contributed by atoms with Gasteiger partial charge in [-0.15, -0.1) is 0 Å². The molecule has 0 spiro atoms. The third-order valence-corrected chi connectivity index (χ3v) is 3.20. The number of anilines is 1. The summed E-state index contributed by atoms with van der Waals surface area (Å²) in [6.07, 6.45) is 7.36. The van der Waals surface area contributed by atoms with Gasteiger partial charge in [0.2, 0.25) is 0 Å². The Balaban J connectivity index is 2.37. The Bertz CT molecular complexity index is 352. The van der Waals surface area contributed by atoms with Gasteiger partial charge in [0.1, 0.15) is 0 Å². The van der Waals surface area contributed by atoms with E-state index in [0.29, 0.717) is 5.41 Å². The molecule has 0 saturated carbocycles. The van der Waals surface area contributed by atoms with Crippen molar-refractivity contribution in [3.05, 3.63) is 24.0 Å². The highest BCUT2D eigenvalue weighted by atomic mass is 14.9. The van der Waals surface area contributed by atoms with Crippen LogP contribution in [0.4, 0.5) is 5.69 Å². The van der Waals surface area contributed by atoms with Crippen LogP contribution in [0, 0.1) is 11.3 Å². The molecule has 1 atom stereocenters. The maximum Gasteiger partial charge on any atom is 0.0403 e. The van der Waals surface area contributed by atoms with E-state index in [1.54, 1.807) is 0 Å². The fraction of sp³-hybridized carbons (Fsp3) is 0.688. The molecule has 2 heteroatoms. The summed E-state index contributed by atoms with van der Waals surface area (Å²) in [5.74, 6) is 0.768. The van der Waals surface area contributed by atoms with E-state index in [4.69, 9.17) is 0 Å². The Kier molecular flexibility index (Phi) is 5.64. The summed E-state index contributed by atoms with van der Waals surface area (Å²) < 4.78 is 0. The molecule has 0 aliphatic carbocycles. The number of aromatic nitrogens is 1. The molecule has 1 aromatic heterocycles. The van der Waals surface area contributed by atoms with Crippen LogP contribution in [-0.2, 0) is 6.42 Å². The average Bonchev–Trinajstić information content (AvgIpc) is 2.27. The van der Waals surface area contributed by atoms with E-state index in [-0.39, 0.29) is 0 Å². The first kappa shape index (κ1) is 15.0. The molecule has 1 heterocycles. The van der Waals surface area contributed by atoms with Crippen molar-refractivity contribution in [3.8, 4) is 0 Å². The van der Waals surface area contributed by atoms with Crippen molar-refractivity contribution >= 4 is 5.69 Å². The van der Waals surface area contributed by atoms with Gasteiger partial charge in [0.25, 0.3) is 0 Å². The zero-order chi connectivity index (χ0) is 13.6. The van der Waals surface area contributed by atoms with Gasteiger partial charge in [-0.1, -0.05) is 34.6 Å². The zero-order valence-corrected chi connectivity index (χ0v) is 12.6. The average molecular weight is 248 g/mol. The van der Waals surface area contributed by atoms with Crippen molar-refractivity contribution in [2.75, 3.05) is 11.9 Å². The van der Waals surface area contributed by atoms with Crippen molar-refractivity contribution in [1.82, 2.24) is 4.98 Å². The maximum absolute atomic E-state index is 4.17. The second kappa shape index (κ2) is 6.77. The van der Waals surface area contributed by atoms with Crippen LogP contribution >= 0.6 is 0 Å². The van der Waals surface area contributed by atoms with E-state index < -0.39 is 0 Å². The van der Waals surface area contributed by atoms with Crippen LogP contribution in [0.2, 0.25) is 0 Å². The number of hydrogen-bond acceptors (Lipinski definition) is 2. The number of pyridine rings is 1. The predicted octanol–water partition coefficient (Wildman–Crippen LogP) is 4.52. The molecule has 0 amide bonds. The third kappa shape index (κ3) is 5.52. The van der Waals surface area contributed by atoms with Gasteiger partial charge in [-0.3, -0.25) is 4.98 Å². The largest absolute Gasteiger partial charge is 0.385 e. The lowest BCUT2D eigenvalue weighted by Crippen LogP contribution is -2.14. The highest BCUT2D eigenvalue weighted by molar-refractivity contribution is 5.49. The van der Waals surface area contributed by atoms with Gasteiger partial charge in [0.15, 0.2) is 0 Å². The fourth-order valence-electron chi connectivity index (χ4n) is 2.48. The Morgan fingerprint density at radius 3 is 2.67 bits per heavy atom. The molecular weight excluding hydrogens is 220 g/mol. The SMILES string of the molecule is CCc1cnccc1NCCC(C)CC(C)(C)C. The lowest BCUT2D eigenvalue weighted by atomic mass is 9.84. The number of rotatable bonds is 6. The zero-order valence-electron chi connectivity index (χ0n) is 12.6. The molecule has 1 N–H and O–H groups in total. The quantitative estimate of drug-likeness (QED) is 0.800. The van der Waals surface area contributed by atoms with Crippen LogP contribution in [0.25, 0.3) is 0 Å². The minimum absolute atomic E-state index is 0.435. The van der Waals surface area contributed by atoms with Crippen molar-refractivity contribution in [2.45, 2.75) is 53.9 Å². The van der Waals surface area contributed by atoms with Gasteiger partial charge < -0.3 is 5.32 Å². The smallest absolute Gasteiger partial charge is 0.0403 e. The van der Waals surface area contributed by atoms with E-state index in [9.17, 15) is 0 Å². The van der Waals surface area contributed by atoms with Crippen LogP contribution < -0.4 is 5.32 Å². The topological polar surface area (TPSA) is 24.9 Å². The lowest BCUT2D eigenvalue weighted by molar-refractivity contribution is 0.300. The molecule has 1 unspecified atom stereocenters. The fourth-order valence-corrected chi connectivity index (χ4v) is 2.48. The van der Waals surface area contributed by atoms with Crippen LogP contribution in [0.5, 0.6) is 0 Å². The molecule has 0 aromatic carbocycles. The van der Waals surface area contributed by atoms with Crippen molar-refractivity contribution in [3.63, 3.8) is 0 Å². The van der Waals surface area contributed by atoms with E-state index >= 15 is 0 Å². The van der Waals surface area contributed by atoms with Gasteiger partial charge in [0, 0.05) is 24.6 Å². The second-order valence-corrected chi connectivity index (χ2v) is 6.47. The number of nitrogens with one attached hydrogen (secondary N) is 1. The molecule has 18 heavy (non-hydrogen) atoms. The van der Waals surface area contributed by atoms with Gasteiger partial charge in [-0.05, 0) is 42.2 Å². The first-order valence-corrected chi connectivity index (χ1v) is 7.09. The standard InChI is InChI=1S/C16H28N2/c1-6-14-12-17-9-8-15(14)18-10-7-13(2)11-16(3,4)5/h8-9,12-13H,6-7,10-11H2,1-5H3,(H,17,18).